The van der Waals surface area contributed by atoms with Crippen LogP contribution in [0, 0.1) is 5.92 Å². The van der Waals surface area contributed by atoms with Crippen LogP contribution in [0.1, 0.15) is 29.3 Å². The van der Waals surface area contributed by atoms with Crippen molar-refractivity contribution < 1.29 is 9.90 Å². The van der Waals surface area contributed by atoms with Gasteiger partial charge in [0.15, 0.2) is 0 Å². The molecular weight excluding hydrogens is 252 g/mol. The minimum absolute atomic E-state index is 0.0441. The van der Waals surface area contributed by atoms with Crippen molar-refractivity contribution in [3.05, 3.63) is 35.4 Å². The highest BCUT2D eigenvalue weighted by Crippen LogP contribution is 2.20. The van der Waals surface area contributed by atoms with Crippen molar-refractivity contribution in [2.24, 2.45) is 5.92 Å². The molecule has 20 heavy (non-hydrogen) atoms. The van der Waals surface area contributed by atoms with E-state index in [-0.39, 0.29) is 11.8 Å². The van der Waals surface area contributed by atoms with Crippen LogP contribution in [0.5, 0.6) is 0 Å². The van der Waals surface area contributed by atoms with Gasteiger partial charge >= 0.3 is 0 Å². The van der Waals surface area contributed by atoms with Crippen molar-refractivity contribution in [1.82, 2.24) is 10.2 Å². The maximum absolute atomic E-state index is 12.6. The van der Waals surface area contributed by atoms with Crippen LogP contribution in [0.3, 0.4) is 0 Å². The molecule has 1 aromatic rings. The third kappa shape index (κ3) is 3.38. The number of nitrogens with one attached hydrogen (secondary N) is 1. The van der Waals surface area contributed by atoms with Crippen molar-refractivity contribution in [3.63, 3.8) is 0 Å². The fourth-order valence-electron chi connectivity index (χ4n) is 2.61. The van der Waals surface area contributed by atoms with Gasteiger partial charge < -0.3 is 15.3 Å². The van der Waals surface area contributed by atoms with Gasteiger partial charge in [0.25, 0.3) is 5.91 Å². The smallest absolute Gasteiger partial charge is 0.254 e. The largest absolute Gasteiger partial charge is 0.391 e. The molecule has 4 nitrogen and oxygen atoms in total. The molecule has 1 aliphatic rings. The minimum Gasteiger partial charge on any atom is -0.391 e. The quantitative estimate of drug-likeness (QED) is 0.871. The number of hydrogen-bond donors (Lipinski definition) is 2. The molecule has 1 fully saturated rings. The summed E-state index contributed by atoms with van der Waals surface area (Å²) in [4.78, 5) is 14.4. The predicted octanol–water partition coefficient (Wildman–Crippen LogP) is 1.29. The molecule has 1 aliphatic heterocycles. The van der Waals surface area contributed by atoms with Gasteiger partial charge in [-0.3, -0.25) is 4.79 Å². The van der Waals surface area contributed by atoms with Gasteiger partial charge in [-0.2, -0.15) is 0 Å². The summed E-state index contributed by atoms with van der Waals surface area (Å²) in [5.41, 5.74) is 1.84. The van der Waals surface area contributed by atoms with E-state index in [1.54, 1.807) is 4.90 Å². The van der Waals surface area contributed by atoms with E-state index in [4.69, 9.17) is 0 Å². The summed E-state index contributed by atoms with van der Waals surface area (Å²) in [6.07, 6.45) is 1.30. The normalized spacial score (nSPS) is 22.9. The Labute approximate surface area is 120 Å². The fourth-order valence-corrected chi connectivity index (χ4v) is 2.61. The average Bonchev–Trinajstić information content (AvgIpc) is 2.47. The third-order valence-electron chi connectivity index (χ3n) is 4.10. The number of aliphatic hydroxyl groups is 1. The van der Waals surface area contributed by atoms with E-state index in [0.29, 0.717) is 6.54 Å². The highest BCUT2D eigenvalue weighted by molar-refractivity contribution is 5.95. The molecule has 0 bridgehead atoms. The van der Waals surface area contributed by atoms with Crippen LogP contribution in [-0.2, 0) is 6.42 Å². The number of β-amino-alcohol motifs (C(OH)–C–C–N with tert-alkyl or cyclic N) is 1. The summed E-state index contributed by atoms with van der Waals surface area (Å²) < 4.78 is 0. The molecule has 2 unspecified atom stereocenters. The second kappa shape index (κ2) is 6.86. The van der Waals surface area contributed by atoms with Crippen molar-refractivity contribution in [1.29, 1.82) is 0 Å². The second-order valence-electron chi connectivity index (χ2n) is 5.60. The Kier molecular flexibility index (Phi) is 5.15. The van der Waals surface area contributed by atoms with E-state index in [0.717, 1.165) is 37.1 Å². The first kappa shape index (κ1) is 15.0. The summed E-state index contributed by atoms with van der Waals surface area (Å²) in [6, 6.07) is 7.76. The van der Waals surface area contributed by atoms with Crippen LogP contribution in [0.2, 0.25) is 0 Å². The molecule has 1 aromatic carbocycles. The molecule has 0 saturated carbocycles. The molecule has 0 aliphatic carbocycles. The molecular formula is C16H24N2O2. The van der Waals surface area contributed by atoms with E-state index in [9.17, 15) is 9.90 Å². The average molecular weight is 276 g/mol. The Morgan fingerprint density at radius 1 is 1.45 bits per heavy atom. The minimum atomic E-state index is -0.405. The Hall–Kier alpha value is -1.39. The molecule has 110 valence electrons. The summed E-state index contributed by atoms with van der Waals surface area (Å²) in [6.45, 7) is 4.06. The van der Waals surface area contributed by atoms with Gasteiger partial charge in [-0.05, 0) is 44.0 Å². The molecule has 4 heteroatoms. The van der Waals surface area contributed by atoms with Gasteiger partial charge in [0.1, 0.15) is 0 Å². The lowest BCUT2D eigenvalue weighted by Gasteiger charge is -2.34. The predicted molar refractivity (Wildman–Crippen MR) is 79.8 cm³/mol. The van der Waals surface area contributed by atoms with E-state index >= 15 is 0 Å². The lowest BCUT2D eigenvalue weighted by Crippen LogP contribution is -2.46. The van der Waals surface area contributed by atoms with Crippen molar-refractivity contribution in [2.75, 3.05) is 26.7 Å². The van der Waals surface area contributed by atoms with Gasteiger partial charge in [-0.1, -0.05) is 25.1 Å². The van der Waals surface area contributed by atoms with Crippen LogP contribution < -0.4 is 5.32 Å². The Morgan fingerprint density at radius 2 is 2.20 bits per heavy atom. The molecule has 0 aromatic heterocycles. The number of carbonyl (C=O) groups is 1. The number of hydrogen-bond acceptors (Lipinski definition) is 3. The number of amides is 1. The third-order valence-corrected chi connectivity index (χ3v) is 4.10. The standard InChI is InChI=1S/C16H24N2O2/c1-12-8-10-18(11-15(12)19)16(20)14-6-4-3-5-13(14)7-9-17-2/h3-6,12,15,17,19H,7-11H2,1-2H3. The van der Waals surface area contributed by atoms with Crippen molar-refractivity contribution in [2.45, 2.75) is 25.9 Å². The Morgan fingerprint density at radius 3 is 2.90 bits per heavy atom. The molecule has 2 atom stereocenters. The number of nitrogens with zero attached hydrogens (tertiary/aromatic N) is 1. The topological polar surface area (TPSA) is 52.6 Å². The van der Waals surface area contributed by atoms with E-state index < -0.39 is 6.10 Å². The molecule has 1 saturated heterocycles. The molecule has 2 N–H and O–H groups in total. The van der Waals surface area contributed by atoms with Gasteiger partial charge in [-0.25, -0.2) is 0 Å². The molecule has 1 amide bonds. The number of carbonyl (C=O) groups excluding carboxylic acids is 1. The number of aliphatic hydroxyl groups excluding tert-OH is 1. The van der Waals surface area contributed by atoms with Gasteiger partial charge in [0.05, 0.1) is 6.10 Å². The van der Waals surface area contributed by atoms with Crippen molar-refractivity contribution in [3.8, 4) is 0 Å². The number of rotatable bonds is 4. The lowest BCUT2D eigenvalue weighted by molar-refractivity contribution is 0.0248. The summed E-state index contributed by atoms with van der Waals surface area (Å²) in [5.74, 6) is 0.321. The zero-order chi connectivity index (χ0) is 14.5. The summed E-state index contributed by atoms with van der Waals surface area (Å²) in [7, 11) is 1.91. The Balaban J connectivity index is 2.12. The zero-order valence-corrected chi connectivity index (χ0v) is 12.3. The maximum Gasteiger partial charge on any atom is 0.254 e. The van der Waals surface area contributed by atoms with E-state index in [1.807, 2.05) is 38.2 Å². The SMILES string of the molecule is CNCCc1ccccc1C(=O)N1CCC(C)C(O)C1. The molecule has 1 heterocycles. The van der Waals surface area contributed by atoms with Crippen LogP contribution in [0.25, 0.3) is 0 Å². The zero-order valence-electron chi connectivity index (χ0n) is 12.3. The number of benzene rings is 1. The molecule has 2 rings (SSSR count). The van der Waals surface area contributed by atoms with Crippen LogP contribution >= 0.6 is 0 Å². The van der Waals surface area contributed by atoms with Gasteiger partial charge in [0.2, 0.25) is 0 Å². The first-order valence-electron chi connectivity index (χ1n) is 7.33. The van der Waals surface area contributed by atoms with E-state index in [1.165, 1.54) is 0 Å². The van der Waals surface area contributed by atoms with Gasteiger partial charge in [0, 0.05) is 18.7 Å². The first-order chi connectivity index (χ1) is 9.63. The number of likely N-dealkylation sites (tertiary alicyclic amines) is 1. The molecule has 0 spiro atoms. The van der Waals surface area contributed by atoms with Gasteiger partial charge in [-0.15, -0.1) is 0 Å². The fraction of sp³-hybridized carbons (Fsp3) is 0.562. The summed E-state index contributed by atoms with van der Waals surface area (Å²) >= 11 is 0. The van der Waals surface area contributed by atoms with Crippen LogP contribution in [0.4, 0.5) is 0 Å². The van der Waals surface area contributed by atoms with E-state index in [2.05, 4.69) is 5.32 Å². The van der Waals surface area contributed by atoms with Crippen molar-refractivity contribution >= 4 is 5.91 Å². The maximum atomic E-state index is 12.6. The van der Waals surface area contributed by atoms with Crippen LogP contribution in [0.15, 0.2) is 24.3 Å². The highest BCUT2D eigenvalue weighted by Gasteiger charge is 2.28. The molecule has 0 radical (unpaired) electrons. The van der Waals surface area contributed by atoms with Crippen LogP contribution in [-0.4, -0.2) is 48.7 Å². The monoisotopic (exact) mass is 276 g/mol. The second-order valence-corrected chi connectivity index (χ2v) is 5.60. The lowest BCUT2D eigenvalue weighted by atomic mass is 9.95. The number of likely N-dealkylation sites (N-methyl/N-ethyl adjacent to an activating group) is 1. The number of piperidine rings is 1. The Bertz CT molecular complexity index is 462. The summed E-state index contributed by atoms with van der Waals surface area (Å²) in [5, 5.41) is 13.1. The highest BCUT2D eigenvalue weighted by atomic mass is 16.3. The first-order valence-corrected chi connectivity index (χ1v) is 7.33.